The van der Waals surface area contributed by atoms with Crippen molar-refractivity contribution in [3.63, 3.8) is 0 Å². The molecular formula is C18H14ClN3O5. The van der Waals surface area contributed by atoms with Crippen LogP contribution >= 0.6 is 11.6 Å². The highest BCUT2D eigenvalue weighted by molar-refractivity contribution is 6.32. The van der Waals surface area contributed by atoms with Crippen molar-refractivity contribution in [2.45, 2.75) is 0 Å². The van der Waals surface area contributed by atoms with E-state index in [1.807, 2.05) is 6.07 Å². The number of nitrogens with one attached hydrogen (secondary N) is 1. The molecule has 0 radical (unpaired) electrons. The highest BCUT2D eigenvalue weighted by atomic mass is 35.5. The smallest absolute Gasteiger partial charge is 0.273 e. The van der Waals surface area contributed by atoms with Crippen molar-refractivity contribution in [3.05, 3.63) is 62.7 Å². The van der Waals surface area contributed by atoms with Crippen LogP contribution in [-0.2, 0) is 4.79 Å². The first-order chi connectivity index (χ1) is 12.9. The number of hydrogen-bond donors (Lipinski definition) is 1. The van der Waals surface area contributed by atoms with Gasteiger partial charge in [-0.3, -0.25) is 14.9 Å². The zero-order chi connectivity index (χ0) is 20.0. The Hall–Kier alpha value is -3.57. The Balaban J connectivity index is 2.29. The van der Waals surface area contributed by atoms with Gasteiger partial charge in [0.1, 0.15) is 23.1 Å². The van der Waals surface area contributed by atoms with Crippen molar-refractivity contribution >= 4 is 35.0 Å². The number of rotatable bonds is 6. The first-order valence-corrected chi connectivity index (χ1v) is 7.86. The molecular weight excluding hydrogens is 374 g/mol. The topological polar surface area (TPSA) is 114 Å². The summed E-state index contributed by atoms with van der Waals surface area (Å²) in [6, 6.07) is 10.3. The Morgan fingerprint density at radius 3 is 2.48 bits per heavy atom. The van der Waals surface area contributed by atoms with Crippen LogP contribution in [0.15, 0.2) is 42.0 Å². The van der Waals surface area contributed by atoms with Crippen molar-refractivity contribution < 1.29 is 19.2 Å². The number of nitrogens with zero attached hydrogens (tertiary/aromatic N) is 2. The maximum absolute atomic E-state index is 12.4. The molecule has 2 aromatic carbocycles. The van der Waals surface area contributed by atoms with Crippen LogP contribution in [0.1, 0.15) is 5.56 Å². The largest absolute Gasteiger partial charge is 0.495 e. The van der Waals surface area contributed by atoms with Gasteiger partial charge in [0.05, 0.1) is 35.9 Å². The number of benzene rings is 2. The summed E-state index contributed by atoms with van der Waals surface area (Å²) in [6.07, 6.45) is 1.36. The number of carbonyl (C=O) groups excluding carboxylic acids is 1. The van der Waals surface area contributed by atoms with Gasteiger partial charge in [0.25, 0.3) is 11.6 Å². The monoisotopic (exact) mass is 387 g/mol. The van der Waals surface area contributed by atoms with Crippen LogP contribution in [-0.4, -0.2) is 25.1 Å². The lowest BCUT2D eigenvalue weighted by Crippen LogP contribution is -2.14. The van der Waals surface area contributed by atoms with Crippen LogP contribution in [0.5, 0.6) is 11.5 Å². The predicted molar refractivity (Wildman–Crippen MR) is 99.9 cm³/mol. The number of ether oxygens (including phenoxy) is 2. The van der Waals surface area contributed by atoms with Gasteiger partial charge in [-0.1, -0.05) is 17.7 Å². The number of nitriles is 1. The number of anilines is 1. The molecule has 0 bridgehead atoms. The summed E-state index contributed by atoms with van der Waals surface area (Å²) in [5.41, 5.74) is 0.357. The quantitative estimate of drug-likeness (QED) is 0.349. The highest BCUT2D eigenvalue weighted by Crippen LogP contribution is 2.30. The molecule has 0 aliphatic rings. The third-order valence-corrected chi connectivity index (χ3v) is 3.79. The molecule has 9 heteroatoms. The number of nitro groups is 1. The number of non-ortho nitro benzene ring substituents is 1. The minimum atomic E-state index is -0.698. The molecule has 0 saturated heterocycles. The van der Waals surface area contributed by atoms with Gasteiger partial charge in [0.15, 0.2) is 0 Å². The summed E-state index contributed by atoms with van der Waals surface area (Å²) >= 11 is 6.04. The molecule has 0 unspecified atom stereocenters. The molecule has 0 aromatic heterocycles. The molecule has 8 nitrogen and oxygen atoms in total. The van der Waals surface area contributed by atoms with E-state index in [0.717, 1.165) is 0 Å². The van der Waals surface area contributed by atoms with Crippen LogP contribution in [0.3, 0.4) is 0 Å². The molecule has 0 fully saturated rings. The molecule has 2 aromatic rings. The lowest BCUT2D eigenvalue weighted by atomic mass is 10.1. The number of amides is 1. The average Bonchev–Trinajstić information content (AvgIpc) is 2.66. The van der Waals surface area contributed by atoms with E-state index in [4.69, 9.17) is 21.1 Å². The van der Waals surface area contributed by atoms with E-state index in [1.165, 1.54) is 38.5 Å². The summed E-state index contributed by atoms with van der Waals surface area (Å²) in [5, 5.41) is 23.0. The first kappa shape index (κ1) is 19.8. The molecule has 0 heterocycles. The predicted octanol–water partition coefficient (Wildman–Crippen LogP) is 3.81. The lowest BCUT2D eigenvalue weighted by Gasteiger charge is -2.09. The van der Waals surface area contributed by atoms with Crippen molar-refractivity contribution in [1.29, 1.82) is 5.26 Å². The molecule has 0 aliphatic carbocycles. The Labute approximate surface area is 159 Å². The van der Waals surface area contributed by atoms with E-state index >= 15 is 0 Å². The highest BCUT2D eigenvalue weighted by Gasteiger charge is 2.16. The minimum absolute atomic E-state index is 0.0994. The molecule has 0 saturated carbocycles. The average molecular weight is 388 g/mol. The van der Waals surface area contributed by atoms with Gasteiger partial charge >= 0.3 is 0 Å². The zero-order valence-electron chi connectivity index (χ0n) is 14.4. The third kappa shape index (κ3) is 4.74. The van der Waals surface area contributed by atoms with Gasteiger partial charge in [0.2, 0.25) is 0 Å². The van der Waals surface area contributed by atoms with Crippen LogP contribution in [0, 0.1) is 21.4 Å². The number of hydrogen-bond acceptors (Lipinski definition) is 6. The van der Waals surface area contributed by atoms with Crippen LogP contribution in [0.25, 0.3) is 6.08 Å². The SMILES string of the molecule is COc1ccc(/C=C(\C#N)C(=O)Nc2ccc([N+](=O)[O-])cc2OC)cc1Cl. The molecule has 1 N–H and O–H groups in total. The molecule has 2 rings (SSSR count). The summed E-state index contributed by atoms with van der Waals surface area (Å²) < 4.78 is 10.1. The zero-order valence-corrected chi connectivity index (χ0v) is 15.1. The minimum Gasteiger partial charge on any atom is -0.495 e. The molecule has 0 spiro atoms. The van der Waals surface area contributed by atoms with Gasteiger partial charge in [0, 0.05) is 6.07 Å². The van der Waals surface area contributed by atoms with E-state index in [-0.39, 0.29) is 22.7 Å². The lowest BCUT2D eigenvalue weighted by molar-refractivity contribution is -0.384. The second-order valence-electron chi connectivity index (χ2n) is 5.16. The van der Waals surface area contributed by atoms with Crippen molar-refractivity contribution in [3.8, 4) is 17.6 Å². The van der Waals surface area contributed by atoms with Gasteiger partial charge in [-0.15, -0.1) is 0 Å². The Bertz CT molecular complexity index is 966. The van der Waals surface area contributed by atoms with Gasteiger partial charge in [-0.2, -0.15) is 5.26 Å². The number of halogens is 1. The maximum Gasteiger partial charge on any atom is 0.273 e. The van der Waals surface area contributed by atoms with Crippen molar-refractivity contribution in [2.75, 3.05) is 19.5 Å². The fourth-order valence-electron chi connectivity index (χ4n) is 2.17. The summed E-state index contributed by atoms with van der Waals surface area (Å²) in [4.78, 5) is 22.6. The summed E-state index contributed by atoms with van der Waals surface area (Å²) in [5.74, 6) is -0.133. The van der Waals surface area contributed by atoms with E-state index in [2.05, 4.69) is 5.32 Å². The number of carbonyl (C=O) groups is 1. The first-order valence-electron chi connectivity index (χ1n) is 7.48. The summed E-state index contributed by atoms with van der Waals surface area (Å²) in [7, 11) is 2.79. The van der Waals surface area contributed by atoms with Crippen LogP contribution in [0.2, 0.25) is 5.02 Å². The Morgan fingerprint density at radius 1 is 1.22 bits per heavy atom. The normalized spacial score (nSPS) is 10.7. The Morgan fingerprint density at radius 2 is 1.93 bits per heavy atom. The Kier molecular flexibility index (Phi) is 6.36. The van der Waals surface area contributed by atoms with Crippen molar-refractivity contribution in [2.24, 2.45) is 0 Å². The fraction of sp³-hybridized carbons (Fsp3) is 0.111. The van der Waals surface area contributed by atoms with E-state index in [1.54, 1.807) is 18.2 Å². The molecule has 0 atom stereocenters. The molecule has 138 valence electrons. The van der Waals surface area contributed by atoms with Gasteiger partial charge < -0.3 is 14.8 Å². The fourth-order valence-corrected chi connectivity index (χ4v) is 2.44. The van der Waals surface area contributed by atoms with E-state index in [0.29, 0.717) is 16.3 Å². The second kappa shape index (κ2) is 8.69. The number of methoxy groups -OCH3 is 2. The van der Waals surface area contributed by atoms with Crippen LogP contribution < -0.4 is 14.8 Å². The van der Waals surface area contributed by atoms with Gasteiger partial charge in [-0.25, -0.2) is 0 Å². The maximum atomic E-state index is 12.4. The second-order valence-corrected chi connectivity index (χ2v) is 5.57. The molecule has 1 amide bonds. The third-order valence-electron chi connectivity index (χ3n) is 3.50. The van der Waals surface area contributed by atoms with E-state index < -0.39 is 10.8 Å². The number of nitro benzene ring substituents is 1. The van der Waals surface area contributed by atoms with E-state index in [9.17, 15) is 20.2 Å². The summed E-state index contributed by atoms with van der Waals surface area (Å²) in [6.45, 7) is 0. The van der Waals surface area contributed by atoms with Gasteiger partial charge in [-0.05, 0) is 29.8 Å². The molecule has 27 heavy (non-hydrogen) atoms. The molecule has 0 aliphatic heterocycles. The van der Waals surface area contributed by atoms with Crippen LogP contribution in [0.4, 0.5) is 11.4 Å². The standard InChI is InChI=1S/C18H14ClN3O5/c1-26-16-6-3-11(8-14(16)19)7-12(10-20)18(23)21-15-5-4-13(22(24)25)9-17(15)27-2/h3-9H,1-2H3,(H,21,23)/b12-7+. The van der Waals surface area contributed by atoms with Crippen molar-refractivity contribution in [1.82, 2.24) is 0 Å².